The number of phenolic OH excluding ortho intramolecular Hbond substituents is 1. The van der Waals surface area contributed by atoms with Crippen molar-refractivity contribution in [2.45, 2.75) is 25.9 Å². The van der Waals surface area contributed by atoms with E-state index in [9.17, 15) is 9.90 Å². The largest absolute Gasteiger partial charge is 0.508 e. The van der Waals surface area contributed by atoms with Crippen LogP contribution in [-0.4, -0.2) is 87.1 Å². The predicted molar refractivity (Wildman–Crippen MR) is 130 cm³/mol. The molecular weight excluding hydrogens is 450 g/mol. The zero-order valence-electron chi connectivity index (χ0n) is 19.8. The quantitative estimate of drug-likeness (QED) is 0.553. The molecule has 2 heterocycles. The van der Waals surface area contributed by atoms with Crippen molar-refractivity contribution in [3.05, 3.63) is 65.7 Å². The number of carbonyl (C=O) groups is 3. The Morgan fingerprint density at radius 3 is 1.83 bits per heavy atom. The van der Waals surface area contributed by atoms with Gasteiger partial charge in [0.25, 0.3) is 0 Å². The van der Waals surface area contributed by atoms with E-state index < -0.39 is 11.9 Å². The monoisotopic (exact) mass is 483 g/mol. The Balaban J connectivity index is 0.000000509. The van der Waals surface area contributed by atoms with Crippen LogP contribution < -0.4 is 0 Å². The molecule has 0 unspecified atom stereocenters. The Hall–Kier alpha value is -3.43. The van der Waals surface area contributed by atoms with Gasteiger partial charge >= 0.3 is 11.9 Å². The molecule has 0 aromatic heterocycles. The smallest absolute Gasteiger partial charge is 0.414 e. The summed E-state index contributed by atoms with van der Waals surface area (Å²) in [5, 5.41) is 24.8. The number of carboxylic acid groups (broad SMARTS) is 2. The fourth-order valence-corrected chi connectivity index (χ4v) is 4.45. The highest BCUT2D eigenvalue weighted by atomic mass is 16.4. The second kappa shape index (κ2) is 12.9. The van der Waals surface area contributed by atoms with Gasteiger partial charge in [0, 0.05) is 50.7 Å². The normalized spacial score (nSPS) is 17.3. The summed E-state index contributed by atoms with van der Waals surface area (Å²) in [6.45, 7) is 7.13. The summed E-state index contributed by atoms with van der Waals surface area (Å²) in [5.41, 5.74) is 2.30. The third-order valence-corrected chi connectivity index (χ3v) is 6.44. The Bertz CT molecular complexity index is 972. The molecule has 2 aromatic rings. The van der Waals surface area contributed by atoms with Crippen LogP contribution >= 0.6 is 0 Å². The van der Waals surface area contributed by atoms with E-state index in [1.807, 2.05) is 24.3 Å². The Morgan fingerprint density at radius 2 is 1.26 bits per heavy atom. The molecular formula is C26H33N3O6. The van der Waals surface area contributed by atoms with E-state index in [-0.39, 0.29) is 5.92 Å². The zero-order valence-corrected chi connectivity index (χ0v) is 19.8. The molecule has 0 saturated carbocycles. The van der Waals surface area contributed by atoms with Gasteiger partial charge in [-0.25, -0.2) is 9.59 Å². The molecule has 1 amide bonds. The summed E-state index contributed by atoms with van der Waals surface area (Å²) >= 11 is 0. The topological polar surface area (TPSA) is 122 Å². The number of piperidine rings is 1. The number of hydrogen-bond acceptors (Lipinski definition) is 6. The molecule has 2 aromatic carbocycles. The number of aromatic hydroxyl groups is 1. The molecule has 35 heavy (non-hydrogen) atoms. The first-order chi connectivity index (χ1) is 16.8. The zero-order chi connectivity index (χ0) is 25.2. The number of carbonyl (C=O) groups excluding carboxylic acids is 1. The first-order valence-corrected chi connectivity index (χ1v) is 11.8. The minimum Gasteiger partial charge on any atom is -0.508 e. The Kier molecular flexibility index (Phi) is 9.63. The summed E-state index contributed by atoms with van der Waals surface area (Å²) in [4.78, 5) is 38.0. The number of amides is 1. The van der Waals surface area contributed by atoms with Gasteiger partial charge in [0.05, 0.1) is 0 Å². The maximum Gasteiger partial charge on any atom is 0.414 e. The standard InChI is InChI=1S/C24H31N3O2.C2H2O4/c28-23-9-5-4-8-22(23)19-25-12-10-21(11-13-25)24(29)27-16-14-26(15-17-27)18-20-6-2-1-3-7-20;3-1(4)2(5)6/h1-9,21,28H,10-19H2;(H,3,4)(H,5,6). The number of phenols is 1. The van der Waals surface area contributed by atoms with Crippen LogP contribution in [0.15, 0.2) is 54.6 Å². The van der Waals surface area contributed by atoms with Crippen molar-refractivity contribution in [3.63, 3.8) is 0 Å². The lowest BCUT2D eigenvalue weighted by atomic mass is 9.94. The van der Waals surface area contributed by atoms with Crippen molar-refractivity contribution in [2.75, 3.05) is 39.3 Å². The molecule has 2 aliphatic rings. The van der Waals surface area contributed by atoms with Gasteiger partial charge in [-0.05, 0) is 37.6 Å². The maximum absolute atomic E-state index is 13.0. The highest BCUT2D eigenvalue weighted by Gasteiger charge is 2.30. The number of aliphatic carboxylic acids is 2. The summed E-state index contributed by atoms with van der Waals surface area (Å²) in [6.07, 6.45) is 1.83. The minimum atomic E-state index is -1.82. The van der Waals surface area contributed by atoms with Gasteiger partial charge in [-0.15, -0.1) is 0 Å². The highest BCUT2D eigenvalue weighted by molar-refractivity contribution is 6.27. The summed E-state index contributed by atoms with van der Waals surface area (Å²) in [7, 11) is 0. The van der Waals surface area contributed by atoms with Crippen molar-refractivity contribution < 1.29 is 29.7 Å². The SMILES string of the molecule is O=C(C1CCN(Cc2ccccc2O)CC1)N1CCN(Cc2ccccc2)CC1.O=C(O)C(=O)O. The van der Waals surface area contributed by atoms with Crippen LogP contribution in [0.2, 0.25) is 0 Å². The molecule has 2 saturated heterocycles. The van der Waals surface area contributed by atoms with E-state index in [2.05, 4.69) is 39.0 Å². The number of carboxylic acids is 2. The number of benzene rings is 2. The summed E-state index contributed by atoms with van der Waals surface area (Å²) in [5.74, 6) is -2.80. The van der Waals surface area contributed by atoms with E-state index in [4.69, 9.17) is 19.8 Å². The van der Waals surface area contributed by atoms with Crippen molar-refractivity contribution in [1.29, 1.82) is 0 Å². The first kappa shape index (κ1) is 26.2. The van der Waals surface area contributed by atoms with Crippen molar-refractivity contribution >= 4 is 17.8 Å². The number of nitrogens with zero attached hydrogens (tertiary/aromatic N) is 3. The van der Waals surface area contributed by atoms with Crippen molar-refractivity contribution in [2.24, 2.45) is 5.92 Å². The fraction of sp³-hybridized carbons (Fsp3) is 0.423. The molecule has 2 fully saturated rings. The van der Waals surface area contributed by atoms with Gasteiger partial charge in [0.15, 0.2) is 0 Å². The third kappa shape index (κ3) is 8.08. The van der Waals surface area contributed by atoms with Crippen LogP contribution in [0.3, 0.4) is 0 Å². The lowest BCUT2D eigenvalue weighted by molar-refractivity contribution is -0.159. The van der Waals surface area contributed by atoms with Gasteiger partial charge in [0.1, 0.15) is 5.75 Å². The lowest BCUT2D eigenvalue weighted by Gasteiger charge is -2.38. The number of rotatable bonds is 5. The van der Waals surface area contributed by atoms with Gasteiger partial charge in [-0.3, -0.25) is 14.6 Å². The maximum atomic E-state index is 13.0. The highest BCUT2D eigenvalue weighted by Crippen LogP contribution is 2.24. The fourth-order valence-electron chi connectivity index (χ4n) is 4.45. The third-order valence-electron chi connectivity index (χ3n) is 6.44. The number of para-hydroxylation sites is 1. The van der Waals surface area contributed by atoms with Crippen LogP contribution in [-0.2, 0) is 27.5 Å². The van der Waals surface area contributed by atoms with E-state index in [0.29, 0.717) is 11.7 Å². The van der Waals surface area contributed by atoms with Gasteiger partial charge in [0.2, 0.25) is 5.91 Å². The Morgan fingerprint density at radius 1 is 0.714 bits per heavy atom. The van der Waals surface area contributed by atoms with Gasteiger partial charge in [-0.1, -0.05) is 48.5 Å². The van der Waals surface area contributed by atoms with E-state index in [1.54, 1.807) is 6.07 Å². The van der Waals surface area contributed by atoms with Crippen molar-refractivity contribution in [1.82, 2.24) is 14.7 Å². The average Bonchev–Trinajstić information content (AvgIpc) is 2.87. The van der Waals surface area contributed by atoms with Crippen LogP contribution in [0.1, 0.15) is 24.0 Å². The van der Waals surface area contributed by atoms with E-state index in [1.165, 1.54) is 5.56 Å². The van der Waals surface area contributed by atoms with Gasteiger partial charge < -0.3 is 20.2 Å². The number of hydrogen-bond donors (Lipinski definition) is 3. The molecule has 0 radical (unpaired) electrons. The molecule has 3 N–H and O–H groups in total. The van der Waals surface area contributed by atoms with Crippen LogP contribution in [0.25, 0.3) is 0 Å². The predicted octanol–water partition coefficient (Wildman–Crippen LogP) is 2.10. The molecule has 0 atom stereocenters. The molecule has 9 heteroatoms. The molecule has 0 aliphatic carbocycles. The molecule has 0 spiro atoms. The molecule has 0 bridgehead atoms. The number of piperazine rings is 1. The first-order valence-electron chi connectivity index (χ1n) is 11.8. The van der Waals surface area contributed by atoms with Crippen LogP contribution in [0.5, 0.6) is 5.75 Å². The minimum absolute atomic E-state index is 0.149. The van der Waals surface area contributed by atoms with E-state index in [0.717, 1.165) is 70.8 Å². The van der Waals surface area contributed by atoms with Crippen molar-refractivity contribution in [3.8, 4) is 5.75 Å². The average molecular weight is 484 g/mol. The lowest BCUT2D eigenvalue weighted by Crippen LogP contribution is -2.51. The van der Waals surface area contributed by atoms with Gasteiger partial charge in [-0.2, -0.15) is 0 Å². The Labute approximate surface area is 205 Å². The summed E-state index contributed by atoms with van der Waals surface area (Å²) in [6, 6.07) is 18.1. The molecule has 4 rings (SSSR count). The van der Waals surface area contributed by atoms with Crippen LogP contribution in [0, 0.1) is 5.92 Å². The van der Waals surface area contributed by atoms with Crippen LogP contribution in [0.4, 0.5) is 0 Å². The summed E-state index contributed by atoms with van der Waals surface area (Å²) < 4.78 is 0. The second-order valence-corrected chi connectivity index (χ2v) is 8.88. The molecule has 2 aliphatic heterocycles. The number of likely N-dealkylation sites (tertiary alicyclic amines) is 1. The molecule has 188 valence electrons. The van der Waals surface area contributed by atoms with E-state index >= 15 is 0 Å². The molecule has 9 nitrogen and oxygen atoms in total. The second-order valence-electron chi connectivity index (χ2n) is 8.88.